The van der Waals surface area contributed by atoms with Crippen LogP contribution >= 0.6 is 0 Å². The summed E-state index contributed by atoms with van der Waals surface area (Å²) in [4.78, 5) is 17.0. The lowest BCUT2D eigenvalue weighted by Gasteiger charge is -2.33. The summed E-state index contributed by atoms with van der Waals surface area (Å²) in [5, 5.41) is 2.96. The van der Waals surface area contributed by atoms with E-state index in [9.17, 15) is 4.79 Å². The lowest BCUT2D eigenvalue weighted by molar-refractivity contribution is -0.110. The molecule has 27 heavy (non-hydrogen) atoms. The zero-order valence-corrected chi connectivity index (χ0v) is 15.7. The van der Waals surface area contributed by atoms with Gasteiger partial charge in [-0.15, -0.1) is 0 Å². The predicted octanol–water partition coefficient (Wildman–Crippen LogP) is 3.62. The van der Waals surface area contributed by atoms with Crippen molar-refractivity contribution in [2.45, 2.75) is 6.92 Å². The van der Waals surface area contributed by atoms with Crippen molar-refractivity contribution in [1.82, 2.24) is 9.80 Å². The first-order valence-electron chi connectivity index (χ1n) is 9.51. The smallest absolute Gasteiger partial charge is 0.257 e. The van der Waals surface area contributed by atoms with E-state index in [2.05, 4.69) is 64.5 Å². The molecule has 0 atom stereocenters. The van der Waals surface area contributed by atoms with E-state index in [-0.39, 0.29) is 5.91 Å². The zero-order chi connectivity index (χ0) is 18.6. The van der Waals surface area contributed by atoms with Crippen molar-refractivity contribution in [2.24, 2.45) is 0 Å². The number of fused-ring (bicyclic) bond motifs is 1. The van der Waals surface area contributed by atoms with Gasteiger partial charge in [-0.25, -0.2) is 0 Å². The van der Waals surface area contributed by atoms with Gasteiger partial charge in [0.25, 0.3) is 5.91 Å². The van der Waals surface area contributed by atoms with Gasteiger partial charge in [-0.3, -0.25) is 9.69 Å². The van der Waals surface area contributed by atoms with Crippen LogP contribution < -0.4 is 5.32 Å². The molecule has 1 saturated heterocycles. The fourth-order valence-corrected chi connectivity index (χ4v) is 3.59. The number of aryl methyl sites for hydroxylation is 1. The van der Waals surface area contributed by atoms with E-state index in [0.717, 1.165) is 49.5 Å². The molecule has 2 aliphatic rings. The van der Waals surface area contributed by atoms with Gasteiger partial charge in [-0.2, -0.15) is 0 Å². The second-order valence-corrected chi connectivity index (χ2v) is 7.20. The molecule has 1 fully saturated rings. The quantitative estimate of drug-likeness (QED) is 0.847. The molecule has 0 spiro atoms. The molecule has 2 aliphatic heterocycles. The van der Waals surface area contributed by atoms with Crippen LogP contribution in [0.2, 0.25) is 0 Å². The molecule has 2 aromatic rings. The number of anilines is 1. The Hall–Kier alpha value is -2.85. The minimum Gasteiger partial charge on any atom is -0.374 e. The molecule has 4 heteroatoms. The van der Waals surface area contributed by atoms with E-state index in [1.165, 1.54) is 11.1 Å². The molecular formula is C23H25N3O. The van der Waals surface area contributed by atoms with Crippen molar-refractivity contribution in [3.8, 4) is 0 Å². The van der Waals surface area contributed by atoms with Gasteiger partial charge in [0, 0.05) is 50.2 Å². The molecular weight excluding hydrogens is 334 g/mol. The van der Waals surface area contributed by atoms with Crippen LogP contribution in [0.5, 0.6) is 0 Å². The van der Waals surface area contributed by atoms with Gasteiger partial charge in [-0.05, 0) is 24.6 Å². The van der Waals surface area contributed by atoms with Gasteiger partial charge in [0.15, 0.2) is 0 Å². The van der Waals surface area contributed by atoms with Crippen LogP contribution in [-0.4, -0.2) is 48.4 Å². The Bertz CT molecular complexity index is 878. The van der Waals surface area contributed by atoms with Gasteiger partial charge in [0.1, 0.15) is 0 Å². The number of hydrogen-bond acceptors (Lipinski definition) is 3. The topological polar surface area (TPSA) is 35.6 Å². The highest BCUT2D eigenvalue weighted by Crippen LogP contribution is 2.32. The fourth-order valence-electron chi connectivity index (χ4n) is 3.59. The van der Waals surface area contributed by atoms with Crippen LogP contribution in [-0.2, 0) is 4.79 Å². The molecule has 1 amide bonds. The molecule has 0 unspecified atom stereocenters. The minimum atomic E-state index is 0.00354. The van der Waals surface area contributed by atoms with Crippen molar-refractivity contribution < 1.29 is 4.79 Å². The summed E-state index contributed by atoms with van der Waals surface area (Å²) in [6.07, 6.45) is 6.45. The molecule has 2 aromatic carbocycles. The van der Waals surface area contributed by atoms with Crippen molar-refractivity contribution in [3.05, 3.63) is 77.5 Å². The van der Waals surface area contributed by atoms with E-state index in [1.807, 2.05) is 24.4 Å². The Labute approximate surface area is 160 Å². The normalized spacial score (nSPS) is 18.9. The molecule has 0 aromatic heterocycles. The number of nitrogens with one attached hydrogen (secondary N) is 1. The monoisotopic (exact) mass is 359 g/mol. The van der Waals surface area contributed by atoms with E-state index in [1.54, 1.807) is 0 Å². The average molecular weight is 359 g/mol. The Balaban J connectivity index is 1.35. The van der Waals surface area contributed by atoms with Crippen molar-refractivity contribution in [1.29, 1.82) is 0 Å². The number of piperazine rings is 1. The first-order chi connectivity index (χ1) is 13.2. The van der Waals surface area contributed by atoms with Crippen LogP contribution in [0, 0.1) is 6.92 Å². The van der Waals surface area contributed by atoms with E-state index < -0.39 is 0 Å². The first kappa shape index (κ1) is 17.6. The summed E-state index contributed by atoms with van der Waals surface area (Å²) in [6.45, 7) is 6.91. The van der Waals surface area contributed by atoms with Crippen molar-refractivity contribution in [3.63, 3.8) is 0 Å². The Kier molecular flexibility index (Phi) is 5.07. The number of carbonyl (C=O) groups is 1. The maximum Gasteiger partial charge on any atom is 0.257 e. The van der Waals surface area contributed by atoms with E-state index >= 15 is 0 Å². The summed E-state index contributed by atoms with van der Waals surface area (Å²) < 4.78 is 0. The highest BCUT2D eigenvalue weighted by atomic mass is 16.2. The Morgan fingerprint density at radius 3 is 2.59 bits per heavy atom. The summed E-state index contributed by atoms with van der Waals surface area (Å²) in [6, 6.07) is 16.5. The maximum absolute atomic E-state index is 12.3. The third kappa shape index (κ3) is 4.12. The Morgan fingerprint density at radius 2 is 1.81 bits per heavy atom. The SMILES string of the molecule is Cc1ccc2c(c1)/C(=C\N1CCN(C/C=C/c3ccccc3)CC1)C(=O)N2. The van der Waals surface area contributed by atoms with Crippen molar-refractivity contribution >= 4 is 23.2 Å². The largest absolute Gasteiger partial charge is 0.374 e. The Morgan fingerprint density at radius 1 is 1.04 bits per heavy atom. The summed E-state index contributed by atoms with van der Waals surface area (Å²) in [5.74, 6) is 0.00354. The second kappa shape index (κ2) is 7.80. The number of carbonyl (C=O) groups excluding carboxylic acids is 1. The molecule has 138 valence electrons. The van der Waals surface area contributed by atoms with Gasteiger partial charge in [-0.1, -0.05) is 54.1 Å². The minimum absolute atomic E-state index is 0.00354. The number of hydrogen-bond donors (Lipinski definition) is 1. The van der Waals surface area contributed by atoms with Crippen LogP contribution in [0.3, 0.4) is 0 Å². The summed E-state index contributed by atoms with van der Waals surface area (Å²) >= 11 is 0. The molecule has 0 aliphatic carbocycles. The fraction of sp³-hybridized carbons (Fsp3) is 0.261. The lowest BCUT2D eigenvalue weighted by Crippen LogP contribution is -2.44. The van der Waals surface area contributed by atoms with Crippen molar-refractivity contribution in [2.75, 3.05) is 38.0 Å². The third-order valence-corrected chi connectivity index (χ3v) is 5.15. The number of benzene rings is 2. The van der Waals surface area contributed by atoms with Gasteiger partial charge >= 0.3 is 0 Å². The molecule has 0 saturated carbocycles. The molecule has 0 bridgehead atoms. The van der Waals surface area contributed by atoms with Gasteiger partial charge in [0.05, 0.1) is 5.57 Å². The summed E-state index contributed by atoms with van der Waals surface area (Å²) in [5.41, 5.74) is 5.13. The van der Waals surface area contributed by atoms with Gasteiger partial charge in [0.2, 0.25) is 0 Å². The van der Waals surface area contributed by atoms with Crippen LogP contribution in [0.1, 0.15) is 16.7 Å². The predicted molar refractivity (Wildman–Crippen MR) is 111 cm³/mol. The average Bonchev–Trinajstić information content (AvgIpc) is 2.99. The lowest BCUT2D eigenvalue weighted by atomic mass is 10.1. The van der Waals surface area contributed by atoms with Crippen LogP contribution in [0.4, 0.5) is 5.69 Å². The molecule has 0 radical (unpaired) electrons. The van der Waals surface area contributed by atoms with E-state index in [0.29, 0.717) is 0 Å². The first-order valence-corrected chi connectivity index (χ1v) is 9.51. The number of rotatable bonds is 4. The number of nitrogens with zero attached hydrogens (tertiary/aromatic N) is 2. The molecule has 2 heterocycles. The third-order valence-electron chi connectivity index (χ3n) is 5.15. The van der Waals surface area contributed by atoms with Gasteiger partial charge < -0.3 is 10.2 Å². The second-order valence-electron chi connectivity index (χ2n) is 7.20. The zero-order valence-electron chi connectivity index (χ0n) is 15.7. The summed E-state index contributed by atoms with van der Waals surface area (Å²) in [7, 11) is 0. The number of amides is 1. The van der Waals surface area contributed by atoms with E-state index in [4.69, 9.17) is 0 Å². The molecule has 4 rings (SSSR count). The standard InChI is InChI=1S/C23H25N3O/c1-18-9-10-22-20(16-18)21(23(27)24-22)17-26-14-12-25(13-15-26)11-5-8-19-6-3-2-4-7-19/h2-10,16-17H,11-15H2,1H3,(H,24,27)/b8-5+,21-17+. The van der Waals surface area contributed by atoms with Crippen LogP contribution in [0.25, 0.3) is 11.6 Å². The maximum atomic E-state index is 12.3. The molecule has 4 nitrogen and oxygen atoms in total. The molecule has 1 N–H and O–H groups in total. The highest BCUT2D eigenvalue weighted by molar-refractivity contribution is 6.31. The van der Waals surface area contributed by atoms with Crippen LogP contribution in [0.15, 0.2) is 60.8 Å². The highest BCUT2D eigenvalue weighted by Gasteiger charge is 2.25.